The highest BCUT2D eigenvalue weighted by Crippen LogP contribution is 2.31. The second-order valence-electron chi connectivity index (χ2n) is 4.81. The first-order valence-corrected chi connectivity index (χ1v) is 6.70. The first-order chi connectivity index (χ1) is 7.93. The summed E-state index contributed by atoms with van der Waals surface area (Å²) in [5, 5.41) is 0. The first-order valence-electron chi connectivity index (χ1n) is 5.82. The zero-order chi connectivity index (χ0) is 12.7. The number of nitrogens with zero attached hydrogens (tertiary/aromatic N) is 2. The van der Waals surface area contributed by atoms with Crippen molar-refractivity contribution in [3.05, 3.63) is 0 Å². The van der Waals surface area contributed by atoms with Crippen LogP contribution in [0.15, 0.2) is 0 Å². The minimum absolute atomic E-state index is 0.00912. The van der Waals surface area contributed by atoms with Crippen molar-refractivity contribution in [1.82, 2.24) is 9.80 Å². The Morgan fingerprint density at radius 1 is 1.35 bits per heavy atom. The second kappa shape index (κ2) is 4.65. The minimum Gasteiger partial charge on any atom is -0.336 e. The lowest BCUT2D eigenvalue weighted by atomic mass is 10.00. The lowest BCUT2D eigenvalue weighted by molar-refractivity contribution is -0.142. The normalized spacial score (nSPS) is 33.2. The molecule has 6 heteroatoms. The molecule has 0 N–H and O–H groups in total. The number of hydrogen-bond acceptors (Lipinski definition) is 2. The van der Waals surface area contributed by atoms with Crippen LogP contribution in [0.25, 0.3) is 0 Å². The molecule has 2 saturated heterocycles. The van der Waals surface area contributed by atoms with Crippen molar-refractivity contribution in [1.29, 1.82) is 0 Å². The molecule has 0 bridgehead atoms. The van der Waals surface area contributed by atoms with E-state index in [1.807, 2.05) is 18.7 Å². The van der Waals surface area contributed by atoms with Gasteiger partial charge in [0.25, 0.3) is 5.91 Å². The average molecular weight is 279 g/mol. The van der Waals surface area contributed by atoms with Crippen LogP contribution < -0.4 is 0 Å². The van der Waals surface area contributed by atoms with E-state index in [1.54, 1.807) is 4.90 Å². The van der Waals surface area contributed by atoms with E-state index in [2.05, 4.69) is 0 Å². The topological polar surface area (TPSA) is 40.6 Å². The van der Waals surface area contributed by atoms with Gasteiger partial charge in [-0.25, -0.2) is 0 Å². The maximum atomic E-state index is 11.9. The van der Waals surface area contributed by atoms with Gasteiger partial charge in [0, 0.05) is 25.0 Å². The van der Waals surface area contributed by atoms with Gasteiger partial charge in [-0.3, -0.25) is 9.59 Å². The number of amides is 2. The van der Waals surface area contributed by atoms with E-state index >= 15 is 0 Å². The zero-order valence-electron chi connectivity index (χ0n) is 9.90. The van der Waals surface area contributed by atoms with Crippen LogP contribution in [0.4, 0.5) is 0 Å². The third-order valence-corrected chi connectivity index (χ3v) is 4.17. The molecule has 0 saturated carbocycles. The molecule has 2 aliphatic heterocycles. The van der Waals surface area contributed by atoms with Crippen LogP contribution in [-0.4, -0.2) is 51.6 Å². The summed E-state index contributed by atoms with van der Waals surface area (Å²) >= 11 is 11.2. The predicted molar refractivity (Wildman–Crippen MR) is 66.0 cm³/mol. The molecule has 0 aromatic rings. The van der Waals surface area contributed by atoms with Gasteiger partial charge >= 0.3 is 0 Å². The summed E-state index contributed by atoms with van der Waals surface area (Å²) in [4.78, 5) is 26.2. The van der Waals surface area contributed by atoms with Crippen LogP contribution in [0.5, 0.6) is 0 Å². The third-order valence-electron chi connectivity index (χ3n) is 3.80. The van der Waals surface area contributed by atoms with Crippen molar-refractivity contribution >= 4 is 35.0 Å². The number of piperazine rings is 1. The van der Waals surface area contributed by atoms with Crippen LogP contribution in [-0.2, 0) is 9.59 Å². The summed E-state index contributed by atoms with van der Waals surface area (Å²) in [7, 11) is 0. The van der Waals surface area contributed by atoms with Crippen molar-refractivity contribution in [2.45, 2.75) is 37.2 Å². The van der Waals surface area contributed by atoms with Gasteiger partial charge in [-0.2, -0.15) is 0 Å². The summed E-state index contributed by atoms with van der Waals surface area (Å²) in [6.45, 7) is 5.00. The van der Waals surface area contributed by atoms with Gasteiger partial charge in [0.2, 0.25) is 5.91 Å². The number of rotatable bonds is 1. The van der Waals surface area contributed by atoms with Gasteiger partial charge in [0.05, 0.1) is 6.04 Å². The monoisotopic (exact) mass is 278 g/mol. The molecule has 2 aliphatic rings. The Kier molecular flexibility index (Phi) is 3.55. The molecule has 2 fully saturated rings. The summed E-state index contributed by atoms with van der Waals surface area (Å²) < 4.78 is 0. The van der Waals surface area contributed by atoms with Crippen molar-refractivity contribution in [2.75, 3.05) is 13.1 Å². The maximum Gasteiger partial charge on any atom is 0.256 e. The quantitative estimate of drug-likeness (QED) is 0.678. The molecule has 2 amide bonds. The van der Waals surface area contributed by atoms with Crippen molar-refractivity contribution in [3.63, 3.8) is 0 Å². The molecule has 3 atom stereocenters. The summed E-state index contributed by atoms with van der Waals surface area (Å²) in [6, 6.07) is 0.104. The van der Waals surface area contributed by atoms with Gasteiger partial charge < -0.3 is 9.80 Å². The lowest BCUT2D eigenvalue weighted by Gasteiger charge is -2.43. The highest BCUT2D eigenvalue weighted by molar-refractivity contribution is 6.53. The lowest BCUT2D eigenvalue weighted by Crippen LogP contribution is -2.59. The molecule has 0 aromatic carbocycles. The number of hydrogen-bond donors (Lipinski definition) is 0. The summed E-state index contributed by atoms with van der Waals surface area (Å²) in [6.07, 6.45) is 0.805. The van der Waals surface area contributed by atoms with Crippen LogP contribution in [0.3, 0.4) is 0 Å². The SMILES string of the molecule is CC1CC2C(C)N(C(=O)C(Cl)Cl)CCN2C1=O. The van der Waals surface area contributed by atoms with Crippen LogP contribution in [0, 0.1) is 5.92 Å². The van der Waals surface area contributed by atoms with E-state index in [-0.39, 0.29) is 29.8 Å². The third kappa shape index (κ3) is 2.13. The number of alkyl halides is 2. The zero-order valence-corrected chi connectivity index (χ0v) is 11.4. The molecule has 0 aliphatic carbocycles. The van der Waals surface area contributed by atoms with E-state index in [1.165, 1.54) is 0 Å². The molecule has 17 heavy (non-hydrogen) atoms. The summed E-state index contributed by atoms with van der Waals surface area (Å²) in [5.41, 5.74) is 0. The fourth-order valence-electron chi connectivity index (χ4n) is 2.83. The molecule has 2 rings (SSSR count). The number of carbonyl (C=O) groups is 2. The van der Waals surface area contributed by atoms with E-state index in [0.29, 0.717) is 13.1 Å². The van der Waals surface area contributed by atoms with E-state index in [0.717, 1.165) is 6.42 Å². The Morgan fingerprint density at radius 2 is 2.00 bits per heavy atom. The predicted octanol–water partition coefficient (Wildman–Crippen LogP) is 1.26. The Hall–Kier alpha value is -0.480. The highest BCUT2D eigenvalue weighted by Gasteiger charge is 2.45. The van der Waals surface area contributed by atoms with Crippen molar-refractivity contribution in [2.24, 2.45) is 5.92 Å². The van der Waals surface area contributed by atoms with E-state index in [9.17, 15) is 9.59 Å². The van der Waals surface area contributed by atoms with Crippen LogP contribution >= 0.6 is 23.2 Å². The summed E-state index contributed by atoms with van der Waals surface area (Å²) in [5.74, 6) is -0.00460. The standard InChI is InChI=1S/C11H16Cl2N2O2/c1-6-5-8-7(2)14(11(17)9(12)13)3-4-15(8)10(6)16/h6-9H,3-5H2,1-2H3. The molecule has 2 heterocycles. The van der Waals surface area contributed by atoms with Gasteiger partial charge in [-0.15, -0.1) is 0 Å². The molecular weight excluding hydrogens is 263 g/mol. The Bertz CT molecular complexity index is 348. The van der Waals surface area contributed by atoms with E-state index in [4.69, 9.17) is 23.2 Å². The molecule has 4 nitrogen and oxygen atoms in total. The van der Waals surface area contributed by atoms with E-state index < -0.39 is 4.84 Å². The molecule has 3 unspecified atom stereocenters. The average Bonchev–Trinajstić information content (AvgIpc) is 2.56. The first kappa shape index (κ1) is 13.0. The van der Waals surface area contributed by atoms with Crippen LogP contribution in [0.2, 0.25) is 0 Å². The Balaban J connectivity index is 2.14. The molecule has 96 valence electrons. The Morgan fingerprint density at radius 3 is 2.59 bits per heavy atom. The van der Waals surface area contributed by atoms with Gasteiger partial charge in [-0.05, 0) is 13.3 Å². The minimum atomic E-state index is -1.02. The van der Waals surface area contributed by atoms with Crippen LogP contribution in [0.1, 0.15) is 20.3 Å². The molecule has 0 spiro atoms. The van der Waals surface area contributed by atoms with Gasteiger partial charge in [0.1, 0.15) is 0 Å². The van der Waals surface area contributed by atoms with Crippen molar-refractivity contribution in [3.8, 4) is 0 Å². The number of halogens is 2. The fraction of sp³-hybridized carbons (Fsp3) is 0.818. The van der Waals surface area contributed by atoms with Crippen molar-refractivity contribution < 1.29 is 9.59 Å². The highest BCUT2D eigenvalue weighted by atomic mass is 35.5. The fourth-order valence-corrected chi connectivity index (χ4v) is 3.08. The Labute approximate surface area is 111 Å². The van der Waals surface area contributed by atoms with Gasteiger partial charge in [0.15, 0.2) is 4.84 Å². The second-order valence-corrected chi connectivity index (χ2v) is 5.90. The number of carbonyl (C=O) groups excluding carboxylic acids is 2. The smallest absolute Gasteiger partial charge is 0.256 e. The molecule has 0 radical (unpaired) electrons. The molecule has 0 aromatic heterocycles. The maximum absolute atomic E-state index is 11.9. The van der Waals surface area contributed by atoms with Gasteiger partial charge in [-0.1, -0.05) is 30.1 Å². The number of fused-ring (bicyclic) bond motifs is 1. The largest absolute Gasteiger partial charge is 0.336 e. The molecular formula is C11H16Cl2N2O2.